The van der Waals surface area contributed by atoms with Gasteiger partial charge >= 0.3 is 5.97 Å². The van der Waals surface area contributed by atoms with Gasteiger partial charge in [-0.15, -0.1) is 0 Å². The molecule has 1 amide bonds. The lowest BCUT2D eigenvalue weighted by molar-refractivity contribution is 0.0499. The van der Waals surface area contributed by atoms with Gasteiger partial charge in [-0.05, 0) is 54.4 Å². The van der Waals surface area contributed by atoms with E-state index in [9.17, 15) is 18.8 Å². The first-order valence-electron chi connectivity index (χ1n) is 9.99. The second-order valence-electron chi connectivity index (χ2n) is 7.03. The lowest BCUT2D eigenvalue weighted by Gasteiger charge is -2.10. The van der Waals surface area contributed by atoms with Crippen molar-refractivity contribution in [1.82, 2.24) is 4.57 Å². The Morgan fingerprint density at radius 3 is 2.48 bits per heavy atom. The molecule has 2 aromatic carbocycles. The molecule has 0 aliphatic rings. The normalized spacial score (nSPS) is 10.5. The lowest BCUT2D eigenvalue weighted by Crippen LogP contribution is -2.22. The van der Waals surface area contributed by atoms with E-state index in [1.165, 1.54) is 35.0 Å². The summed E-state index contributed by atoms with van der Waals surface area (Å²) < 4.78 is 19.9. The Kier molecular flexibility index (Phi) is 7.32. The predicted molar refractivity (Wildman–Crippen MR) is 116 cm³/mol. The number of benzene rings is 2. The van der Waals surface area contributed by atoms with E-state index in [2.05, 4.69) is 5.32 Å². The van der Waals surface area contributed by atoms with Crippen molar-refractivity contribution < 1.29 is 18.7 Å². The van der Waals surface area contributed by atoms with Gasteiger partial charge in [0.05, 0.1) is 24.3 Å². The molecule has 160 valence electrons. The summed E-state index contributed by atoms with van der Waals surface area (Å²) in [6.07, 6.45) is 3.18. The summed E-state index contributed by atoms with van der Waals surface area (Å²) >= 11 is 0. The van der Waals surface area contributed by atoms with Crippen LogP contribution < -0.4 is 10.9 Å². The quantitative estimate of drug-likeness (QED) is 0.435. The van der Waals surface area contributed by atoms with Gasteiger partial charge in [0.1, 0.15) is 5.82 Å². The second kappa shape index (κ2) is 10.3. The van der Waals surface area contributed by atoms with Crippen LogP contribution in [-0.4, -0.2) is 23.1 Å². The summed E-state index contributed by atoms with van der Waals surface area (Å²) in [5.74, 6) is -1.21. The predicted octanol–water partition coefficient (Wildman–Crippen LogP) is 4.24. The number of unbranched alkanes of at least 4 members (excludes halogenated alkanes) is 1. The molecule has 31 heavy (non-hydrogen) atoms. The molecule has 6 nitrogen and oxygen atoms in total. The number of aromatic nitrogens is 1. The standard InChI is InChI=1S/C24H23FN2O4/c1-2-3-13-31-24(30)18-7-10-21(11-8-18)26-23(29)19-9-12-22(28)27(16-19)15-17-5-4-6-20(25)14-17/h4-12,14,16H,2-3,13,15H2,1H3,(H,26,29). The fourth-order valence-electron chi connectivity index (χ4n) is 2.91. The number of pyridine rings is 1. The summed E-state index contributed by atoms with van der Waals surface area (Å²) in [7, 11) is 0. The molecule has 0 aliphatic heterocycles. The maximum Gasteiger partial charge on any atom is 0.338 e. The van der Waals surface area contributed by atoms with Gasteiger partial charge in [-0.2, -0.15) is 0 Å². The number of anilines is 1. The summed E-state index contributed by atoms with van der Waals surface area (Å²) in [6.45, 7) is 2.53. The summed E-state index contributed by atoms with van der Waals surface area (Å²) in [6, 6.07) is 15.0. The number of ether oxygens (including phenoxy) is 1. The fraction of sp³-hybridized carbons (Fsp3) is 0.208. The molecule has 0 fully saturated rings. The summed E-state index contributed by atoms with van der Waals surface area (Å²) in [5.41, 5.74) is 1.49. The highest BCUT2D eigenvalue weighted by Crippen LogP contribution is 2.13. The van der Waals surface area contributed by atoms with Crippen molar-refractivity contribution in [1.29, 1.82) is 0 Å². The van der Waals surface area contributed by atoms with Crippen LogP contribution >= 0.6 is 0 Å². The third-order valence-electron chi connectivity index (χ3n) is 4.60. The molecular formula is C24H23FN2O4. The van der Waals surface area contributed by atoms with Gasteiger partial charge < -0.3 is 14.6 Å². The number of amides is 1. The molecule has 0 saturated carbocycles. The van der Waals surface area contributed by atoms with Crippen LogP contribution in [0.25, 0.3) is 0 Å². The first kappa shape index (κ1) is 22.0. The molecule has 7 heteroatoms. The zero-order valence-corrected chi connectivity index (χ0v) is 17.1. The van der Waals surface area contributed by atoms with E-state index < -0.39 is 17.7 Å². The number of hydrogen-bond donors (Lipinski definition) is 1. The van der Waals surface area contributed by atoms with Crippen molar-refractivity contribution in [3.63, 3.8) is 0 Å². The molecule has 1 heterocycles. The van der Waals surface area contributed by atoms with Crippen LogP contribution in [0, 0.1) is 5.82 Å². The zero-order valence-electron chi connectivity index (χ0n) is 17.1. The largest absolute Gasteiger partial charge is 0.462 e. The highest BCUT2D eigenvalue weighted by molar-refractivity contribution is 6.04. The van der Waals surface area contributed by atoms with E-state index in [1.54, 1.807) is 36.4 Å². The summed E-state index contributed by atoms with van der Waals surface area (Å²) in [4.78, 5) is 36.7. The molecule has 1 aromatic heterocycles. The highest BCUT2D eigenvalue weighted by atomic mass is 19.1. The van der Waals surface area contributed by atoms with Crippen molar-refractivity contribution in [2.75, 3.05) is 11.9 Å². The first-order valence-corrected chi connectivity index (χ1v) is 9.99. The maximum absolute atomic E-state index is 13.4. The Morgan fingerprint density at radius 2 is 1.77 bits per heavy atom. The number of nitrogens with zero attached hydrogens (tertiary/aromatic N) is 1. The van der Waals surface area contributed by atoms with Crippen LogP contribution in [0.2, 0.25) is 0 Å². The minimum Gasteiger partial charge on any atom is -0.462 e. The maximum atomic E-state index is 13.4. The molecule has 1 N–H and O–H groups in total. The number of hydrogen-bond acceptors (Lipinski definition) is 4. The van der Waals surface area contributed by atoms with Gasteiger partial charge in [0, 0.05) is 18.0 Å². The van der Waals surface area contributed by atoms with E-state index in [0.29, 0.717) is 23.4 Å². The van der Waals surface area contributed by atoms with Crippen molar-refractivity contribution >= 4 is 17.6 Å². The molecule has 0 bridgehead atoms. The minimum atomic E-state index is -0.411. The number of rotatable bonds is 8. The SMILES string of the molecule is CCCCOC(=O)c1ccc(NC(=O)c2ccc(=O)n(Cc3cccc(F)c3)c2)cc1. The van der Waals surface area contributed by atoms with Gasteiger partial charge in [0.25, 0.3) is 11.5 Å². The third-order valence-corrected chi connectivity index (χ3v) is 4.60. The van der Waals surface area contributed by atoms with Gasteiger partial charge in [0.15, 0.2) is 0 Å². The topological polar surface area (TPSA) is 77.4 Å². The zero-order chi connectivity index (χ0) is 22.2. The van der Waals surface area contributed by atoms with E-state index in [-0.39, 0.29) is 17.7 Å². The number of nitrogens with one attached hydrogen (secondary N) is 1. The van der Waals surface area contributed by atoms with E-state index in [1.807, 2.05) is 6.92 Å². The Labute approximate surface area is 179 Å². The number of carbonyl (C=O) groups is 2. The minimum absolute atomic E-state index is 0.145. The van der Waals surface area contributed by atoms with E-state index >= 15 is 0 Å². The van der Waals surface area contributed by atoms with Crippen LogP contribution in [0.4, 0.5) is 10.1 Å². The van der Waals surface area contributed by atoms with Gasteiger partial charge in [-0.1, -0.05) is 25.5 Å². The average Bonchev–Trinajstić information content (AvgIpc) is 2.76. The Bertz CT molecular complexity index is 1120. The van der Waals surface area contributed by atoms with Crippen LogP contribution in [0.15, 0.2) is 71.7 Å². The van der Waals surface area contributed by atoms with Crippen LogP contribution in [0.1, 0.15) is 46.0 Å². The Hall–Kier alpha value is -3.74. The molecule has 0 atom stereocenters. The molecule has 0 unspecified atom stereocenters. The number of halogens is 1. The smallest absolute Gasteiger partial charge is 0.338 e. The Morgan fingerprint density at radius 1 is 1.03 bits per heavy atom. The third kappa shape index (κ3) is 6.12. The monoisotopic (exact) mass is 422 g/mol. The molecule has 0 saturated heterocycles. The van der Waals surface area contributed by atoms with Gasteiger partial charge in [0.2, 0.25) is 0 Å². The number of carbonyl (C=O) groups excluding carboxylic acids is 2. The molecule has 0 aliphatic carbocycles. The Balaban J connectivity index is 1.67. The number of esters is 1. The fourth-order valence-corrected chi connectivity index (χ4v) is 2.91. The van der Waals surface area contributed by atoms with Gasteiger partial charge in [-0.25, -0.2) is 9.18 Å². The van der Waals surface area contributed by atoms with E-state index in [0.717, 1.165) is 12.8 Å². The molecule has 3 aromatic rings. The van der Waals surface area contributed by atoms with Crippen LogP contribution in [-0.2, 0) is 11.3 Å². The molecule has 0 radical (unpaired) electrons. The first-order chi connectivity index (χ1) is 15.0. The second-order valence-corrected chi connectivity index (χ2v) is 7.03. The highest BCUT2D eigenvalue weighted by Gasteiger charge is 2.11. The lowest BCUT2D eigenvalue weighted by atomic mass is 10.2. The van der Waals surface area contributed by atoms with E-state index in [4.69, 9.17) is 4.74 Å². The van der Waals surface area contributed by atoms with Gasteiger partial charge in [-0.3, -0.25) is 9.59 Å². The van der Waals surface area contributed by atoms with Crippen LogP contribution in [0.3, 0.4) is 0 Å². The molecular weight excluding hydrogens is 399 g/mol. The van der Waals surface area contributed by atoms with Crippen molar-refractivity contribution in [2.45, 2.75) is 26.3 Å². The van der Waals surface area contributed by atoms with Crippen molar-refractivity contribution in [3.05, 3.63) is 99.7 Å². The summed E-state index contributed by atoms with van der Waals surface area (Å²) in [5, 5.41) is 2.73. The van der Waals surface area contributed by atoms with Crippen molar-refractivity contribution in [3.8, 4) is 0 Å². The molecule has 3 rings (SSSR count). The van der Waals surface area contributed by atoms with Crippen LogP contribution in [0.5, 0.6) is 0 Å². The average molecular weight is 422 g/mol. The van der Waals surface area contributed by atoms with Crippen molar-refractivity contribution in [2.24, 2.45) is 0 Å². The molecule has 0 spiro atoms.